The van der Waals surface area contributed by atoms with E-state index < -0.39 is 5.60 Å². The van der Waals surface area contributed by atoms with Gasteiger partial charge in [0.15, 0.2) is 0 Å². The lowest BCUT2D eigenvalue weighted by Gasteiger charge is -2.61. The number of aromatic nitrogens is 1. The largest absolute Gasteiger partial charge is 0.378 e. The zero-order chi connectivity index (χ0) is 21.9. The molecule has 5 rings (SSSR count). The summed E-state index contributed by atoms with van der Waals surface area (Å²) >= 11 is 0. The molecule has 4 aliphatic rings. The van der Waals surface area contributed by atoms with E-state index in [4.69, 9.17) is 0 Å². The van der Waals surface area contributed by atoms with Gasteiger partial charge in [-0.05, 0) is 111 Å². The van der Waals surface area contributed by atoms with Crippen molar-refractivity contribution in [1.29, 1.82) is 0 Å². The predicted molar refractivity (Wildman–Crippen MR) is 122 cm³/mol. The Balaban J connectivity index is 1.35. The van der Waals surface area contributed by atoms with Gasteiger partial charge >= 0.3 is 0 Å². The smallest absolute Gasteiger partial charge is 0.133 e. The van der Waals surface area contributed by atoms with E-state index in [1.165, 1.54) is 32.1 Å². The fourth-order valence-electron chi connectivity index (χ4n) is 8.65. The van der Waals surface area contributed by atoms with Gasteiger partial charge in [0.05, 0.1) is 0 Å². The SMILES string of the molecule is CC(=O)[C@H]1CC[C@H]2[C@@H]3CCC4CC(O)(C#Cc5ccncc5)CC[C@]4(C)[C@H]3CC[C@]12C. The van der Waals surface area contributed by atoms with Crippen LogP contribution in [-0.4, -0.2) is 21.5 Å². The van der Waals surface area contributed by atoms with Gasteiger partial charge in [-0.3, -0.25) is 9.78 Å². The lowest BCUT2D eigenvalue weighted by atomic mass is 9.44. The summed E-state index contributed by atoms with van der Waals surface area (Å²) in [6.07, 6.45) is 13.4. The zero-order valence-electron chi connectivity index (χ0n) is 19.4. The van der Waals surface area contributed by atoms with Crippen molar-refractivity contribution in [2.45, 2.75) is 84.2 Å². The minimum Gasteiger partial charge on any atom is -0.378 e. The van der Waals surface area contributed by atoms with Crippen LogP contribution in [-0.2, 0) is 4.79 Å². The highest BCUT2D eigenvalue weighted by molar-refractivity contribution is 5.79. The number of nitrogens with zero attached hydrogens (tertiary/aromatic N) is 1. The molecule has 31 heavy (non-hydrogen) atoms. The molecule has 0 aromatic carbocycles. The Hall–Kier alpha value is -1.66. The third kappa shape index (κ3) is 3.37. The summed E-state index contributed by atoms with van der Waals surface area (Å²) in [5.41, 5.74) is 0.592. The van der Waals surface area contributed by atoms with Gasteiger partial charge in [0.2, 0.25) is 0 Å². The van der Waals surface area contributed by atoms with E-state index in [0.717, 1.165) is 43.1 Å². The van der Waals surface area contributed by atoms with Gasteiger partial charge in [-0.1, -0.05) is 25.7 Å². The minimum atomic E-state index is -0.865. The molecule has 0 aliphatic heterocycles. The Labute approximate surface area is 187 Å². The van der Waals surface area contributed by atoms with Crippen LogP contribution in [0.5, 0.6) is 0 Å². The monoisotopic (exact) mass is 419 g/mol. The first kappa shape index (κ1) is 21.2. The molecule has 0 spiro atoms. The highest BCUT2D eigenvalue weighted by atomic mass is 16.3. The second-order valence-corrected chi connectivity index (χ2v) is 11.7. The Morgan fingerprint density at radius 2 is 1.74 bits per heavy atom. The van der Waals surface area contributed by atoms with E-state index >= 15 is 0 Å². The third-order valence-corrected chi connectivity index (χ3v) is 10.3. The molecular formula is C28H37NO2. The van der Waals surface area contributed by atoms with Crippen molar-refractivity contribution in [3.05, 3.63) is 30.1 Å². The molecule has 3 heteroatoms. The number of ketones is 1. The van der Waals surface area contributed by atoms with Crippen molar-refractivity contribution in [2.75, 3.05) is 0 Å². The average Bonchev–Trinajstić information content (AvgIpc) is 3.11. The van der Waals surface area contributed by atoms with Crippen molar-refractivity contribution in [2.24, 2.45) is 40.4 Å². The Morgan fingerprint density at radius 3 is 2.48 bits per heavy atom. The lowest BCUT2D eigenvalue weighted by molar-refractivity contribution is -0.144. The standard InChI is InChI=1S/C28H37NO2/c1-19(30)23-6-7-24-22-5-4-21-18-28(31,13-8-20-10-16-29-17-11-20)15-14-26(21,2)25(22)9-12-27(23,24)3/h10-11,16-17,21-25,31H,4-7,9,12,14-15,18H2,1-3H3/t21?,22-,23+,24-,25-,26-,27+,28?/m0/s1. The van der Waals surface area contributed by atoms with Gasteiger partial charge in [0.25, 0.3) is 0 Å². The normalized spacial score (nSPS) is 46.1. The molecule has 2 unspecified atom stereocenters. The average molecular weight is 420 g/mol. The minimum absolute atomic E-state index is 0.224. The molecule has 3 nitrogen and oxygen atoms in total. The highest BCUT2D eigenvalue weighted by Gasteiger charge is 2.61. The maximum Gasteiger partial charge on any atom is 0.133 e. The molecule has 1 N–H and O–H groups in total. The molecule has 1 aromatic heterocycles. The van der Waals surface area contributed by atoms with Gasteiger partial charge in [-0.15, -0.1) is 0 Å². The molecule has 0 radical (unpaired) electrons. The van der Waals surface area contributed by atoms with Crippen LogP contribution in [0.1, 0.15) is 84.1 Å². The van der Waals surface area contributed by atoms with E-state index in [-0.39, 0.29) is 11.3 Å². The van der Waals surface area contributed by atoms with Crippen LogP contribution in [0.15, 0.2) is 24.5 Å². The quantitative estimate of drug-likeness (QED) is 0.619. The van der Waals surface area contributed by atoms with Gasteiger partial charge in [0, 0.05) is 23.9 Å². The zero-order valence-corrected chi connectivity index (χ0v) is 19.4. The number of hydrogen-bond acceptors (Lipinski definition) is 3. The summed E-state index contributed by atoms with van der Waals surface area (Å²) in [5.74, 6) is 9.90. The van der Waals surface area contributed by atoms with Crippen LogP contribution in [0.3, 0.4) is 0 Å². The second-order valence-electron chi connectivity index (χ2n) is 11.7. The molecule has 4 fully saturated rings. The number of rotatable bonds is 1. The molecule has 0 saturated heterocycles. The van der Waals surface area contributed by atoms with Crippen LogP contribution in [0.4, 0.5) is 0 Å². The van der Waals surface area contributed by atoms with Gasteiger partial charge in [-0.25, -0.2) is 0 Å². The van der Waals surface area contributed by atoms with E-state index in [9.17, 15) is 9.90 Å². The molecule has 8 atom stereocenters. The van der Waals surface area contributed by atoms with Crippen molar-refractivity contribution >= 4 is 5.78 Å². The fourth-order valence-corrected chi connectivity index (χ4v) is 8.65. The summed E-state index contributed by atoms with van der Waals surface area (Å²) in [6.45, 7) is 6.76. The first-order chi connectivity index (χ1) is 14.8. The molecule has 0 amide bonds. The molecule has 1 aromatic rings. The van der Waals surface area contributed by atoms with E-state index in [0.29, 0.717) is 23.0 Å². The maximum absolute atomic E-state index is 12.3. The van der Waals surface area contributed by atoms with Crippen LogP contribution >= 0.6 is 0 Å². The number of aliphatic hydroxyl groups is 1. The van der Waals surface area contributed by atoms with Gasteiger partial charge in [-0.2, -0.15) is 0 Å². The summed E-state index contributed by atoms with van der Waals surface area (Å²) in [5, 5.41) is 11.3. The van der Waals surface area contributed by atoms with Gasteiger partial charge in [0.1, 0.15) is 11.4 Å². The molecule has 1 heterocycles. The molecule has 166 valence electrons. The van der Waals surface area contributed by atoms with Crippen molar-refractivity contribution < 1.29 is 9.90 Å². The molecule has 0 bridgehead atoms. The van der Waals surface area contributed by atoms with E-state index in [1.807, 2.05) is 19.1 Å². The number of pyridine rings is 1. The lowest BCUT2D eigenvalue weighted by Crippen LogP contribution is -2.56. The molecule has 4 aliphatic carbocycles. The Morgan fingerprint density at radius 1 is 1.00 bits per heavy atom. The number of Topliss-reactive ketones (excluding diaryl/α,β-unsaturated/α-hetero) is 1. The Kier molecular flexibility index (Phi) is 5.09. The number of hydrogen-bond donors (Lipinski definition) is 1. The first-order valence-electron chi connectivity index (χ1n) is 12.4. The van der Waals surface area contributed by atoms with Crippen LogP contribution in [0.25, 0.3) is 0 Å². The summed E-state index contributed by atoms with van der Waals surface area (Å²) < 4.78 is 0. The Bertz CT molecular complexity index is 916. The number of carbonyl (C=O) groups is 1. The van der Waals surface area contributed by atoms with Crippen LogP contribution in [0, 0.1) is 52.3 Å². The first-order valence-corrected chi connectivity index (χ1v) is 12.4. The van der Waals surface area contributed by atoms with Crippen molar-refractivity contribution in [3.63, 3.8) is 0 Å². The van der Waals surface area contributed by atoms with E-state index in [2.05, 4.69) is 30.7 Å². The topological polar surface area (TPSA) is 50.2 Å². The second kappa shape index (κ2) is 7.45. The number of carbonyl (C=O) groups excluding carboxylic acids is 1. The van der Waals surface area contributed by atoms with Gasteiger partial charge < -0.3 is 5.11 Å². The fraction of sp³-hybridized carbons (Fsp3) is 0.714. The summed E-state index contributed by atoms with van der Waals surface area (Å²) in [4.78, 5) is 16.4. The van der Waals surface area contributed by atoms with Crippen molar-refractivity contribution in [1.82, 2.24) is 4.98 Å². The summed E-state index contributed by atoms with van der Waals surface area (Å²) in [7, 11) is 0. The molecule has 4 saturated carbocycles. The maximum atomic E-state index is 12.3. The molecular weight excluding hydrogens is 382 g/mol. The van der Waals surface area contributed by atoms with E-state index in [1.54, 1.807) is 12.4 Å². The van der Waals surface area contributed by atoms with Crippen LogP contribution in [0.2, 0.25) is 0 Å². The third-order valence-electron chi connectivity index (χ3n) is 10.3. The van der Waals surface area contributed by atoms with Crippen LogP contribution < -0.4 is 0 Å². The number of fused-ring (bicyclic) bond motifs is 5. The summed E-state index contributed by atoms with van der Waals surface area (Å²) in [6, 6.07) is 3.81. The predicted octanol–water partition coefficient (Wildman–Crippen LogP) is 5.41. The van der Waals surface area contributed by atoms with Crippen molar-refractivity contribution in [3.8, 4) is 11.8 Å². The highest BCUT2D eigenvalue weighted by Crippen LogP contribution is 2.68.